The average Bonchev–Trinajstić information content (AvgIpc) is 2.16. The van der Waals surface area contributed by atoms with Crippen LogP contribution >= 0.6 is 0 Å². The summed E-state index contributed by atoms with van der Waals surface area (Å²) in [5, 5.41) is 0. The maximum Gasteiger partial charge on any atom is 0.297 e. The van der Waals surface area contributed by atoms with Crippen LogP contribution < -0.4 is 0 Å². The van der Waals surface area contributed by atoms with Crippen molar-refractivity contribution < 1.29 is 17.0 Å². The first-order valence-electron chi connectivity index (χ1n) is 3.82. The molecule has 0 fully saturated rings. The Morgan fingerprint density at radius 3 is 2.43 bits per heavy atom. The van der Waals surface area contributed by atoms with Gasteiger partial charge < -0.3 is 0 Å². The molecule has 3 nitrogen and oxygen atoms in total. The van der Waals surface area contributed by atoms with E-state index < -0.39 is 15.9 Å². The van der Waals surface area contributed by atoms with Gasteiger partial charge in [-0.1, -0.05) is 6.08 Å². The third-order valence-corrected chi connectivity index (χ3v) is 2.74. The van der Waals surface area contributed by atoms with Crippen LogP contribution in [0.15, 0.2) is 41.8 Å². The van der Waals surface area contributed by atoms with Gasteiger partial charge in [-0.25, -0.2) is 4.39 Å². The topological polar surface area (TPSA) is 43.4 Å². The van der Waals surface area contributed by atoms with Gasteiger partial charge in [0.1, 0.15) is 5.82 Å². The molecule has 0 aromatic heterocycles. The molecule has 0 aliphatic rings. The van der Waals surface area contributed by atoms with E-state index >= 15 is 0 Å². The summed E-state index contributed by atoms with van der Waals surface area (Å²) >= 11 is 0. The summed E-state index contributed by atoms with van der Waals surface area (Å²) in [5.41, 5.74) is 0. The molecule has 0 aliphatic carbocycles. The molecule has 1 aromatic rings. The van der Waals surface area contributed by atoms with Gasteiger partial charge in [-0.3, -0.25) is 4.18 Å². The summed E-state index contributed by atoms with van der Waals surface area (Å²) in [6, 6.07) is 4.41. The Hall–Kier alpha value is -1.20. The fourth-order valence-corrected chi connectivity index (χ4v) is 1.69. The van der Waals surface area contributed by atoms with Crippen LogP contribution in [0.2, 0.25) is 0 Å². The quantitative estimate of drug-likeness (QED) is 0.568. The Kier molecular flexibility index (Phi) is 3.38. The second-order valence-electron chi connectivity index (χ2n) is 2.48. The first-order valence-corrected chi connectivity index (χ1v) is 5.23. The van der Waals surface area contributed by atoms with E-state index in [4.69, 9.17) is 0 Å². The minimum atomic E-state index is -3.78. The van der Waals surface area contributed by atoms with Crippen molar-refractivity contribution >= 4 is 10.1 Å². The highest BCUT2D eigenvalue weighted by Gasteiger charge is 2.13. The molecule has 0 saturated carbocycles. The molecule has 0 heterocycles. The lowest BCUT2D eigenvalue weighted by Gasteiger charge is -2.02. The van der Waals surface area contributed by atoms with Gasteiger partial charge in [0, 0.05) is 0 Å². The molecule has 0 bridgehead atoms. The first-order chi connectivity index (χ1) is 6.56. The van der Waals surface area contributed by atoms with Gasteiger partial charge in [0.2, 0.25) is 0 Å². The monoisotopic (exact) mass is 216 g/mol. The van der Waals surface area contributed by atoms with Crippen LogP contribution in [0.1, 0.15) is 0 Å². The predicted molar refractivity (Wildman–Crippen MR) is 49.7 cm³/mol. The lowest BCUT2D eigenvalue weighted by atomic mass is 10.4. The Labute approximate surface area is 82.0 Å². The van der Waals surface area contributed by atoms with Crippen molar-refractivity contribution in [2.24, 2.45) is 0 Å². The number of benzene rings is 1. The molecule has 0 N–H and O–H groups in total. The van der Waals surface area contributed by atoms with Crippen LogP contribution in [0.4, 0.5) is 4.39 Å². The van der Waals surface area contributed by atoms with E-state index in [1.165, 1.54) is 6.08 Å². The molecule has 0 atom stereocenters. The number of halogens is 1. The second-order valence-corrected chi connectivity index (χ2v) is 4.10. The summed E-state index contributed by atoms with van der Waals surface area (Å²) in [7, 11) is -3.78. The minimum Gasteiger partial charge on any atom is -0.262 e. The lowest BCUT2D eigenvalue weighted by molar-refractivity contribution is 0.357. The highest BCUT2D eigenvalue weighted by Crippen LogP contribution is 2.12. The smallest absolute Gasteiger partial charge is 0.262 e. The van der Waals surface area contributed by atoms with E-state index in [1.807, 2.05) is 0 Å². The highest BCUT2D eigenvalue weighted by atomic mass is 32.2. The fraction of sp³-hybridized carbons (Fsp3) is 0.111. The molecule has 0 amide bonds. The van der Waals surface area contributed by atoms with Crippen molar-refractivity contribution in [3.05, 3.63) is 42.7 Å². The molecular formula is C9H9FO3S. The molecular weight excluding hydrogens is 207 g/mol. The van der Waals surface area contributed by atoms with Gasteiger partial charge in [0.25, 0.3) is 10.1 Å². The van der Waals surface area contributed by atoms with Gasteiger partial charge in [-0.15, -0.1) is 6.58 Å². The molecule has 0 spiro atoms. The van der Waals surface area contributed by atoms with Crippen molar-refractivity contribution in [3.63, 3.8) is 0 Å². The van der Waals surface area contributed by atoms with E-state index in [1.54, 1.807) is 0 Å². The van der Waals surface area contributed by atoms with Crippen LogP contribution in [0.3, 0.4) is 0 Å². The van der Waals surface area contributed by atoms with Crippen LogP contribution in [0.25, 0.3) is 0 Å². The SMILES string of the molecule is C=CCOS(=O)(=O)c1ccc(F)cc1. The third kappa shape index (κ3) is 2.65. The molecule has 5 heteroatoms. The Balaban J connectivity index is 2.93. The third-order valence-electron chi connectivity index (χ3n) is 1.44. The number of rotatable bonds is 4. The van der Waals surface area contributed by atoms with Crippen molar-refractivity contribution in [2.45, 2.75) is 4.90 Å². The van der Waals surface area contributed by atoms with E-state index in [-0.39, 0.29) is 11.5 Å². The molecule has 1 aromatic carbocycles. The lowest BCUT2D eigenvalue weighted by Crippen LogP contribution is -2.06. The van der Waals surface area contributed by atoms with E-state index in [0.29, 0.717) is 0 Å². The Bertz CT molecular complexity index is 408. The number of hydrogen-bond acceptors (Lipinski definition) is 3. The molecule has 76 valence electrons. The number of hydrogen-bond donors (Lipinski definition) is 0. The zero-order valence-electron chi connectivity index (χ0n) is 7.31. The van der Waals surface area contributed by atoms with Crippen LogP contribution in [-0.4, -0.2) is 15.0 Å². The van der Waals surface area contributed by atoms with Crippen LogP contribution in [0, 0.1) is 5.82 Å². The van der Waals surface area contributed by atoms with Crippen molar-refractivity contribution in [1.29, 1.82) is 0 Å². The first kappa shape index (κ1) is 10.9. The van der Waals surface area contributed by atoms with Gasteiger partial charge in [-0.05, 0) is 24.3 Å². The molecule has 0 radical (unpaired) electrons. The molecule has 0 aliphatic heterocycles. The summed E-state index contributed by atoms with van der Waals surface area (Å²) in [5.74, 6) is -0.493. The summed E-state index contributed by atoms with van der Waals surface area (Å²) < 4.78 is 39.6. The van der Waals surface area contributed by atoms with Gasteiger partial charge in [0.05, 0.1) is 11.5 Å². The molecule has 0 unspecified atom stereocenters. The maximum absolute atomic E-state index is 12.5. The zero-order chi connectivity index (χ0) is 10.6. The maximum atomic E-state index is 12.5. The molecule has 1 rings (SSSR count). The fourth-order valence-electron chi connectivity index (χ4n) is 0.807. The standard InChI is InChI=1S/C9H9FO3S/c1-2-7-13-14(11,12)9-5-3-8(10)4-6-9/h2-6H,1,7H2. The van der Waals surface area contributed by atoms with Crippen molar-refractivity contribution in [3.8, 4) is 0 Å². The average molecular weight is 216 g/mol. The zero-order valence-corrected chi connectivity index (χ0v) is 8.13. The molecule has 14 heavy (non-hydrogen) atoms. The van der Waals surface area contributed by atoms with E-state index in [2.05, 4.69) is 10.8 Å². The normalized spacial score (nSPS) is 11.2. The summed E-state index contributed by atoms with van der Waals surface area (Å²) in [4.78, 5) is -0.0687. The highest BCUT2D eigenvalue weighted by molar-refractivity contribution is 7.86. The Morgan fingerprint density at radius 1 is 1.36 bits per heavy atom. The second kappa shape index (κ2) is 4.34. The van der Waals surface area contributed by atoms with Crippen LogP contribution in [-0.2, 0) is 14.3 Å². The van der Waals surface area contributed by atoms with Gasteiger partial charge in [-0.2, -0.15) is 8.42 Å². The predicted octanol–water partition coefficient (Wildman–Crippen LogP) is 1.72. The Morgan fingerprint density at radius 2 is 1.93 bits per heavy atom. The molecule has 0 saturated heterocycles. The summed E-state index contributed by atoms with van der Waals surface area (Å²) in [6.07, 6.45) is 1.32. The minimum absolute atomic E-state index is 0.0687. The van der Waals surface area contributed by atoms with Gasteiger partial charge in [0.15, 0.2) is 0 Å². The van der Waals surface area contributed by atoms with E-state index in [9.17, 15) is 12.8 Å². The van der Waals surface area contributed by atoms with Gasteiger partial charge >= 0.3 is 0 Å². The summed E-state index contributed by atoms with van der Waals surface area (Å²) in [6.45, 7) is 3.22. The van der Waals surface area contributed by atoms with E-state index in [0.717, 1.165) is 24.3 Å². The largest absolute Gasteiger partial charge is 0.297 e. The van der Waals surface area contributed by atoms with Crippen molar-refractivity contribution in [2.75, 3.05) is 6.61 Å². The van der Waals surface area contributed by atoms with Crippen LogP contribution in [0.5, 0.6) is 0 Å². The van der Waals surface area contributed by atoms with Crippen molar-refractivity contribution in [1.82, 2.24) is 0 Å².